The van der Waals surface area contributed by atoms with Gasteiger partial charge in [-0.2, -0.15) is 0 Å². The van der Waals surface area contributed by atoms with Gasteiger partial charge in [0.25, 0.3) is 11.8 Å². The topological polar surface area (TPSA) is 82.5 Å². The minimum atomic E-state index is -0.301. The lowest BCUT2D eigenvalue weighted by Crippen LogP contribution is -2.38. The van der Waals surface area contributed by atoms with Crippen LogP contribution in [0.1, 0.15) is 24.8 Å². The summed E-state index contributed by atoms with van der Waals surface area (Å²) in [6.07, 6.45) is 4.93. The summed E-state index contributed by atoms with van der Waals surface area (Å²) in [6.45, 7) is 1.56. The van der Waals surface area contributed by atoms with Gasteiger partial charge in [-0.1, -0.05) is 15.9 Å². The highest BCUT2D eigenvalue weighted by atomic mass is 79.9. The zero-order chi connectivity index (χ0) is 17.8. The number of nitrogens with one attached hydrogen (secondary N) is 2. The number of likely N-dealkylation sites (tertiary alicyclic amines) is 1. The zero-order valence-electron chi connectivity index (χ0n) is 13.5. The van der Waals surface area contributed by atoms with E-state index in [4.69, 9.17) is 10.1 Å². The number of amides is 2. The van der Waals surface area contributed by atoms with E-state index < -0.39 is 0 Å². The van der Waals surface area contributed by atoms with Crippen LogP contribution in [0.3, 0.4) is 0 Å². The molecular weight excluding hydrogens is 406 g/mol. The predicted molar refractivity (Wildman–Crippen MR) is 102 cm³/mol. The number of amidine groups is 1. The lowest BCUT2D eigenvalue weighted by Gasteiger charge is -2.26. The number of carbonyl (C=O) groups is 2. The fourth-order valence-corrected chi connectivity index (χ4v) is 3.79. The molecule has 2 amide bonds. The van der Waals surface area contributed by atoms with Crippen molar-refractivity contribution in [3.8, 4) is 5.75 Å². The van der Waals surface area contributed by atoms with Crippen molar-refractivity contribution >= 4 is 50.7 Å². The van der Waals surface area contributed by atoms with E-state index >= 15 is 0 Å². The number of benzene rings is 1. The van der Waals surface area contributed by atoms with Crippen molar-refractivity contribution in [2.24, 2.45) is 0 Å². The summed E-state index contributed by atoms with van der Waals surface area (Å²) >= 11 is 4.47. The number of piperidine rings is 1. The van der Waals surface area contributed by atoms with Gasteiger partial charge >= 0.3 is 0 Å². The molecular formula is C17H18BrN3O3S. The Morgan fingerprint density at radius 2 is 2.12 bits per heavy atom. The van der Waals surface area contributed by atoms with Gasteiger partial charge in [0.15, 0.2) is 11.8 Å². The Labute approximate surface area is 158 Å². The number of thioether (sulfide) groups is 1. The third kappa shape index (κ3) is 4.64. The smallest absolute Gasteiger partial charge is 0.264 e. The Morgan fingerprint density at radius 1 is 1.36 bits per heavy atom. The van der Waals surface area contributed by atoms with Crippen LogP contribution in [0, 0.1) is 5.41 Å². The minimum Gasteiger partial charge on any atom is -0.483 e. The SMILES string of the molecule is N=C1NC(=O)/C(=C/c2cc(Br)ccc2OCC(=O)N2CCCCC2)S1. The molecule has 2 fully saturated rings. The molecule has 0 atom stereocenters. The van der Waals surface area contributed by atoms with Gasteiger partial charge in [-0.15, -0.1) is 0 Å². The first-order valence-corrected chi connectivity index (χ1v) is 9.63. The van der Waals surface area contributed by atoms with Crippen LogP contribution in [-0.2, 0) is 9.59 Å². The minimum absolute atomic E-state index is 0.0176. The van der Waals surface area contributed by atoms with Gasteiger partial charge in [0, 0.05) is 23.1 Å². The van der Waals surface area contributed by atoms with E-state index in [1.54, 1.807) is 12.1 Å². The van der Waals surface area contributed by atoms with Crippen molar-refractivity contribution in [2.45, 2.75) is 19.3 Å². The highest BCUT2D eigenvalue weighted by Gasteiger charge is 2.23. The molecule has 1 aromatic rings. The lowest BCUT2D eigenvalue weighted by atomic mass is 10.1. The van der Waals surface area contributed by atoms with E-state index in [1.807, 2.05) is 17.0 Å². The highest BCUT2D eigenvalue weighted by molar-refractivity contribution is 9.10. The van der Waals surface area contributed by atoms with E-state index in [1.165, 1.54) is 6.42 Å². The third-order valence-electron chi connectivity index (χ3n) is 3.98. The molecule has 2 heterocycles. The van der Waals surface area contributed by atoms with Crippen molar-refractivity contribution in [1.82, 2.24) is 10.2 Å². The van der Waals surface area contributed by atoms with Gasteiger partial charge in [0.1, 0.15) is 5.75 Å². The summed E-state index contributed by atoms with van der Waals surface area (Å²) < 4.78 is 6.57. The number of hydrogen-bond acceptors (Lipinski definition) is 5. The molecule has 2 aliphatic rings. The van der Waals surface area contributed by atoms with Gasteiger partial charge in [-0.05, 0) is 55.3 Å². The molecule has 0 saturated carbocycles. The van der Waals surface area contributed by atoms with Crippen LogP contribution in [0.5, 0.6) is 5.75 Å². The van der Waals surface area contributed by atoms with Crippen LogP contribution in [0.2, 0.25) is 0 Å². The normalized spacial score (nSPS) is 19.2. The highest BCUT2D eigenvalue weighted by Crippen LogP contribution is 2.30. The Hall–Kier alpha value is -1.80. The summed E-state index contributed by atoms with van der Waals surface area (Å²) in [7, 11) is 0. The number of carbonyl (C=O) groups excluding carboxylic acids is 2. The third-order valence-corrected chi connectivity index (χ3v) is 5.30. The van der Waals surface area contributed by atoms with Crippen LogP contribution in [0.15, 0.2) is 27.6 Å². The number of ether oxygens (including phenoxy) is 1. The Kier molecular flexibility index (Phi) is 5.80. The van der Waals surface area contributed by atoms with Gasteiger partial charge < -0.3 is 15.0 Å². The number of rotatable bonds is 4. The Bertz CT molecular complexity index is 745. The molecule has 8 heteroatoms. The second kappa shape index (κ2) is 8.05. The molecule has 0 radical (unpaired) electrons. The van der Waals surface area contributed by atoms with Crippen molar-refractivity contribution in [1.29, 1.82) is 5.41 Å². The van der Waals surface area contributed by atoms with Gasteiger partial charge in [0.05, 0.1) is 4.91 Å². The van der Waals surface area contributed by atoms with E-state index in [0.29, 0.717) is 16.2 Å². The summed E-state index contributed by atoms with van der Waals surface area (Å²) in [4.78, 5) is 26.3. The maximum absolute atomic E-state index is 12.3. The fraction of sp³-hybridized carbons (Fsp3) is 0.353. The first-order chi connectivity index (χ1) is 12.0. The van der Waals surface area contributed by atoms with E-state index in [0.717, 1.165) is 42.2 Å². The van der Waals surface area contributed by atoms with Crippen LogP contribution in [0.4, 0.5) is 0 Å². The lowest BCUT2D eigenvalue weighted by molar-refractivity contribution is -0.134. The number of nitrogens with zero attached hydrogens (tertiary/aromatic N) is 1. The summed E-state index contributed by atoms with van der Waals surface area (Å²) in [5.41, 5.74) is 0.688. The van der Waals surface area contributed by atoms with Crippen LogP contribution < -0.4 is 10.1 Å². The van der Waals surface area contributed by atoms with Crippen LogP contribution in [0.25, 0.3) is 6.08 Å². The maximum atomic E-state index is 12.3. The molecule has 0 spiro atoms. The molecule has 2 aliphatic heterocycles. The van der Waals surface area contributed by atoms with Gasteiger partial charge in [-0.3, -0.25) is 15.0 Å². The second-order valence-corrected chi connectivity index (χ2v) is 7.77. The van der Waals surface area contributed by atoms with Crippen LogP contribution >= 0.6 is 27.7 Å². The van der Waals surface area contributed by atoms with Gasteiger partial charge in [0.2, 0.25) is 0 Å². The summed E-state index contributed by atoms with van der Waals surface area (Å²) in [5.74, 6) is 0.217. The molecule has 25 heavy (non-hydrogen) atoms. The van der Waals surface area contributed by atoms with Crippen molar-refractivity contribution in [3.05, 3.63) is 33.1 Å². The average Bonchev–Trinajstić information content (AvgIpc) is 2.92. The molecule has 3 rings (SSSR count). The zero-order valence-corrected chi connectivity index (χ0v) is 15.9. The first-order valence-electron chi connectivity index (χ1n) is 8.02. The molecule has 0 bridgehead atoms. The van der Waals surface area contributed by atoms with Crippen molar-refractivity contribution < 1.29 is 14.3 Å². The molecule has 6 nitrogen and oxygen atoms in total. The maximum Gasteiger partial charge on any atom is 0.264 e. The Balaban J connectivity index is 1.73. The van der Waals surface area contributed by atoms with E-state index in [-0.39, 0.29) is 23.6 Å². The molecule has 132 valence electrons. The average molecular weight is 424 g/mol. The molecule has 0 unspecified atom stereocenters. The summed E-state index contributed by atoms with van der Waals surface area (Å²) in [6, 6.07) is 5.42. The van der Waals surface area contributed by atoms with Gasteiger partial charge in [-0.25, -0.2) is 0 Å². The van der Waals surface area contributed by atoms with Crippen molar-refractivity contribution in [3.63, 3.8) is 0 Å². The molecule has 0 aromatic heterocycles. The number of halogens is 1. The molecule has 2 N–H and O–H groups in total. The fourth-order valence-electron chi connectivity index (χ4n) is 2.72. The van der Waals surface area contributed by atoms with E-state index in [9.17, 15) is 9.59 Å². The Morgan fingerprint density at radius 3 is 2.80 bits per heavy atom. The molecule has 1 aromatic carbocycles. The van der Waals surface area contributed by atoms with E-state index in [2.05, 4.69) is 21.2 Å². The second-order valence-electron chi connectivity index (χ2n) is 5.81. The summed E-state index contributed by atoms with van der Waals surface area (Å²) in [5, 5.41) is 10.1. The first kappa shape index (κ1) is 18.0. The molecule has 0 aliphatic carbocycles. The monoisotopic (exact) mass is 423 g/mol. The van der Waals surface area contributed by atoms with Crippen molar-refractivity contribution in [2.75, 3.05) is 19.7 Å². The largest absolute Gasteiger partial charge is 0.483 e. The molecule has 2 saturated heterocycles. The number of hydrogen-bond donors (Lipinski definition) is 2. The predicted octanol–water partition coefficient (Wildman–Crippen LogP) is 2.98. The van der Waals surface area contributed by atoms with Crippen LogP contribution in [-0.4, -0.2) is 41.6 Å². The standard InChI is InChI=1S/C17H18BrN3O3S/c18-12-4-5-13(24-10-15(22)21-6-2-1-3-7-21)11(8-12)9-14-16(23)20-17(19)25-14/h4-5,8-9H,1-3,6-7,10H2,(H2,19,20,23)/b14-9-. The quantitative estimate of drug-likeness (QED) is 0.729.